The van der Waals surface area contributed by atoms with E-state index in [9.17, 15) is 17.8 Å². The third-order valence-electron chi connectivity index (χ3n) is 6.85. The van der Waals surface area contributed by atoms with Crippen molar-refractivity contribution in [3.05, 3.63) is 65.5 Å². The number of nitrogens with one attached hydrogen (secondary N) is 1. The predicted molar refractivity (Wildman–Crippen MR) is 160 cm³/mol. The summed E-state index contributed by atoms with van der Waals surface area (Å²) in [5.74, 6) is 0.724. The summed E-state index contributed by atoms with van der Waals surface area (Å²) in [7, 11) is 1.49. The predicted octanol–water partition coefficient (Wildman–Crippen LogP) is 2.51. The molecule has 0 saturated heterocycles. The molecule has 1 aromatic heterocycles. The van der Waals surface area contributed by atoms with Gasteiger partial charge < -0.3 is 29.2 Å². The third-order valence-corrected chi connectivity index (χ3v) is 7.70. The average Bonchev–Trinajstić information content (AvgIpc) is 3.59. The van der Waals surface area contributed by atoms with Crippen molar-refractivity contribution >= 4 is 39.0 Å². The SMILES string of the molecule is CCn1cnc2cc(-c3cc(OCC[NH+](C)C)c(C(N)=O)c4c3N=CC4)cc(OC)c21.Cc1ccc(S(=O)(=O)[O-])cc1. The molecule has 0 saturated carbocycles. The Balaban J connectivity index is 0.000000310. The highest BCUT2D eigenvalue weighted by atomic mass is 32.2. The molecule has 0 spiro atoms. The van der Waals surface area contributed by atoms with Gasteiger partial charge in [-0.3, -0.25) is 9.79 Å². The highest BCUT2D eigenvalue weighted by Crippen LogP contribution is 2.44. The maximum absolute atomic E-state index is 12.3. The lowest BCUT2D eigenvalue weighted by Gasteiger charge is -2.17. The smallest absolute Gasteiger partial charge is 0.252 e. The van der Waals surface area contributed by atoms with E-state index >= 15 is 0 Å². The van der Waals surface area contributed by atoms with Crippen molar-refractivity contribution in [2.24, 2.45) is 10.7 Å². The molecule has 3 N–H and O–H groups in total. The van der Waals surface area contributed by atoms with E-state index in [1.54, 1.807) is 25.5 Å². The molecule has 1 aliphatic heterocycles. The number of methoxy groups -OCH3 is 1. The lowest BCUT2D eigenvalue weighted by atomic mass is 9.94. The first-order chi connectivity index (χ1) is 19.9. The van der Waals surface area contributed by atoms with Crippen LogP contribution in [0.3, 0.4) is 0 Å². The van der Waals surface area contributed by atoms with E-state index < -0.39 is 16.0 Å². The molecule has 5 rings (SSSR count). The number of aliphatic imine (C=N–C) groups is 1. The molecule has 222 valence electrons. The van der Waals surface area contributed by atoms with Crippen LogP contribution in [0, 0.1) is 6.92 Å². The molecule has 42 heavy (non-hydrogen) atoms. The van der Waals surface area contributed by atoms with Crippen LogP contribution < -0.4 is 20.1 Å². The van der Waals surface area contributed by atoms with Crippen molar-refractivity contribution in [2.75, 3.05) is 34.4 Å². The zero-order chi connectivity index (χ0) is 30.6. The van der Waals surface area contributed by atoms with Gasteiger partial charge in [-0.25, -0.2) is 13.4 Å². The fourth-order valence-electron chi connectivity index (χ4n) is 4.67. The Morgan fingerprint density at radius 1 is 1.14 bits per heavy atom. The molecule has 3 aromatic carbocycles. The number of fused-ring (bicyclic) bond motifs is 2. The fourth-order valence-corrected chi connectivity index (χ4v) is 5.14. The Bertz CT molecular complexity index is 1740. The van der Waals surface area contributed by atoms with Gasteiger partial charge in [-0.15, -0.1) is 0 Å². The van der Waals surface area contributed by atoms with Crippen molar-refractivity contribution in [1.29, 1.82) is 0 Å². The van der Waals surface area contributed by atoms with Crippen molar-refractivity contribution in [2.45, 2.75) is 31.7 Å². The van der Waals surface area contributed by atoms with Crippen molar-refractivity contribution < 1.29 is 32.1 Å². The summed E-state index contributed by atoms with van der Waals surface area (Å²) in [6.45, 7) is 5.96. The molecule has 0 bridgehead atoms. The molecule has 0 atom stereocenters. The van der Waals surface area contributed by atoms with Crippen LogP contribution in [-0.2, 0) is 23.1 Å². The van der Waals surface area contributed by atoms with Crippen LogP contribution in [0.1, 0.15) is 28.4 Å². The Morgan fingerprint density at radius 3 is 2.45 bits per heavy atom. The summed E-state index contributed by atoms with van der Waals surface area (Å²) in [6.07, 6.45) is 4.16. The number of carbonyl (C=O) groups is 1. The number of carbonyl (C=O) groups excluding carboxylic acids is 1. The zero-order valence-electron chi connectivity index (χ0n) is 24.3. The number of nitrogens with two attached hydrogens (primary N) is 1. The number of imidazole rings is 1. The summed E-state index contributed by atoms with van der Waals surface area (Å²) in [4.78, 5) is 22.5. The maximum atomic E-state index is 12.3. The standard InChI is InChI=1S/C23H27N5O3.C7H8O3S/c1-5-28-13-26-17-10-14(11-19(30-4)22(17)28)16-12-18(31-9-8-27(2)3)20(23(24)29)15-6-7-25-21(15)16;1-6-2-4-7(5-3-6)11(8,9)10/h7,10-13H,5-6,8-9H2,1-4H3,(H2,24,29);2-5H,1H3,(H,8,9,10). The zero-order valence-corrected chi connectivity index (χ0v) is 25.1. The van der Waals surface area contributed by atoms with Crippen LogP contribution in [0.5, 0.6) is 11.5 Å². The van der Waals surface area contributed by atoms with Gasteiger partial charge >= 0.3 is 0 Å². The lowest BCUT2D eigenvalue weighted by Crippen LogP contribution is -3.06. The minimum atomic E-state index is -4.27. The van der Waals surface area contributed by atoms with Crippen LogP contribution in [0.2, 0.25) is 0 Å². The first-order valence-corrected chi connectivity index (χ1v) is 14.8. The number of primary amides is 1. The average molecular weight is 594 g/mol. The molecule has 4 aromatic rings. The van der Waals surface area contributed by atoms with Gasteiger partial charge in [0, 0.05) is 30.3 Å². The second kappa shape index (κ2) is 12.7. The third kappa shape index (κ3) is 6.62. The molecule has 12 heteroatoms. The Morgan fingerprint density at radius 2 is 1.86 bits per heavy atom. The van der Waals surface area contributed by atoms with Crippen LogP contribution in [0.15, 0.2) is 58.7 Å². The second-order valence-corrected chi connectivity index (χ2v) is 11.5. The maximum Gasteiger partial charge on any atom is 0.252 e. The Labute approximate surface area is 245 Å². The van der Waals surface area contributed by atoms with Gasteiger partial charge in [-0.05, 0) is 49.7 Å². The van der Waals surface area contributed by atoms with Crippen molar-refractivity contribution in [3.8, 4) is 22.6 Å². The second-order valence-electron chi connectivity index (χ2n) is 10.2. The monoisotopic (exact) mass is 593 g/mol. The molecule has 1 aliphatic rings. The number of likely N-dealkylation sites (N-methyl/N-ethyl adjacent to an activating group) is 1. The van der Waals surface area contributed by atoms with Crippen LogP contribution >= 0.6 is 0 Å². The van der Waals surface area contributed by atoms with Crippen molar-refractivity contribution in [1.82, 2.24) is 9.55 Å². The molecule has 0 fully saturated rings. The molecular weight excluding hydrogens is 558 g/mol. The summed E-state index contributed by atoms with van der Waals surface area (Å²) in [5.41, 5.74) is 12.2. The van der Waals surface area contributed by atoms with Gasteiger partial charge in [0.1, 0.15) is 40.3 Å². The number of nitrogens with zero attached hydrogens (tertiary/aromatic N) is 3. The highest BCUT2D eigenvalue weighted by molar-refractivity contribution is 7.85. The number of hydrogen-bond acceptors (Lipinski definition) is 8. The summed E-state index contributed by atoms with van der Waals surface area (Å²) >= 11 is 0. The number of aryl methyl sites for hydroxylation is 2. The normalized spacial score (nSPS) is 12.3. The highest BCUT2D eigenvalue weighted by Gasteiger charge is 2.26. The number of aromatic nitrogens is 2. The van der Waals surface area contributed by atoms with E-state index in [0.29, 0.717) is 24.3 Å². The topological polar surface area (TPSA) is 153 Å². The van der Waals surface area contributed by atoms with E-state index in [1.165, 1.54) is 17.0 Å². The molecule has 0 unspecified atom stereocenters. The summed E-state index contributed by atoms with van der Waals surface area (Å²) in [5, 5.41) is 0. The minimum absolute atomic E-state index is 0.178. The number of rotatable bonds is 9. The van der Waals surface area contributed by atoms with Crippen LogP contribution in [0.25, 0.3) is 22.2 Å². The number of quaternary nitrogens is 1. The molecular formula is C30H35N5O6S. The van der Waals surface area contributed by atoms with Gasteiger partial charge in [0.2, 0.25) is 0 Å². The summed E-state index contributed by atoms with van der Waals surface area (Å²) < 4.78 is 44.9. The van der Waals surface area contributed by atoms with E-state index in [1.807, 2.05) is 31.5 Å². The van der Waals surface area contributed by atoms with Crippen LogP contribution in [0.4, 0.5) is 5.69 Å². The van der Waals surface area contributed by atoms with E-state index in [2.05, 4.69) is 35.6 Å². The van der Waals surface area contributed by atoms with E-state index in [4.69, 9.17) is 15.2 Å². The number of hydrogen-bond donors (Lipinski definition) is 2. The minimum Gasteiger partial charge on any atom is -0.744 e. The quantitative estimate of drug-likeness (QED) is 0.283. The Kier molecular flexibility index (Phi) is 9.30. The summed E-state index contributed by atoms with van der Waals surface area (Å²) in [6, 6.07) is 11.7. The molecule has 0 radical (unpaired) electrons. The first kappa shape index (κ1) is 30.7. The Hall–Kier alpha value is -4.26. The van der Waals surface area contributed by atoms with Crippen molar-refractivity contribution in [3.63, 3.8) is 0 Å². The van der Waals surface area contributed by atoms with Crippen LogP contribution in [-0.4, -0.2) is 69.0 Å². The van der Waals surface area contributed by atoms with E-state index in [-0.39, 0.29) is 4.90 Å². The largest absolute Gasteiger partial charge is 0.744 e. The fraction of sp³-hybridized carbons (Fsp3) is 0.300. The molecule has 1 amide bonds. The molecule has 2 heterocycles. The van der Waals surface area contributed by atoms with E-state index in [0.717, 1.165) is 57.8 Å². The first-order valence-electron chi connectivity index (χ1n) is 13.4. The number of ether oxygens (including phenoxy) is 2. The molecule has 11 nitrogen and oxygen atoms in total. The van der Waals surface area contributed by atoms with Gasteiger partial charge in [0.15, 0.2) is 0 Å². The number of benzene rings is 3. The van der Waals surface area contributed by atoms with Gasteiger partial charge in [0.25, 0.3) is 5.91 Å². The lowest BCUT2D eigenvalue weighted by molar-refractivity contribution is -0.858. The van der Waals surface area contributed by atoms with Gasteiger partial charge in [-0.1, -0.05) is 17.7 Å². The van der Waals surface area contributed by atoms with Gasteiger partial charge in [-0.2, -0.15) is 0 Å². The molecule has 0 aliphatic carbocycles. The number of amides is 1. The van der Waals surface area contributed by atoms with Gasteiger partial charge in [0.05, 0.1) is 49.2 Å².